The highest BCUT2D eigenvalue weighted by Gasteiger charge is 2.61. The van der Waals surface area contributed by atoms with Crippen molar-refractivity contribution in [1.82, 2.24) is 9.80 Å². The maximum Gasteiger partial charge on any atom is 0.226 e. The standard InChI is InChI=1S/C20H28N2O3/c1-21(13-16(23)14-22-8-10-25-11-9-22)19(24)18-12-20(18)7-6-15-4-2-3-5-17(15)20/h2-5,16,18,23H,6-14H2,1H3/t16-,18-,20-/m0/s1. The van der Waals surface area contributed by atoms with Crippen LogP contribution < -0.4 is 0 Å². The minimum Gasteiger partial charge on any atom is -0.390 e. The fourth-order valence-corrected chi connectivity index (χ4v) is 4.73. The van der Waals surface area contributed by atoms with Crippen LogP contribution in [0, 0.1) is 5.92 Å². The summed E-state index contributed by atoms with van der Waals surface area (Å²) in [6, 6.07) is 8.56. The number of aliphatic hydroxyl groups excluding tert-OH is 1. The number of benzene rings is 1. The third-order valence-electron chi connectivity index (χ3n) is 6.20. The largest absolute Gasteiger partial charge is 0.390 e. The van der Waals surface area contributed by atoms with Gasteiger partial charge in [0.05, 0.1) is 19.3 Å². The number of amides is 1. The monoisotopic (exact) mass is 344 g/mol. The maximum atomic E-state index is 12.9. The van der Waals surface area contributed by atoms with Gasteiger partial charge in [-0.15, -0.1) is 0 Å². The van der Waals surface area contributed by atoms with E-state index in [0.29, 0.717) is 13.1 Å². The summed E-state index contributed by atoms with van der Waals surface area (Å²) in [4.78, 5) is 16.8. The summed E-state index contributed by atoms with van der Waals surface area (Å²) in [5.41, 5.74) is 2.88. The minimum absolute atomic E-state index is 0.0805. The molecule has 1 aromatic rings. The van der Waals surface area contributed by atoms with Crippen molar-refractivity contribution in [3.8, 4) is 0 Å². The summed E-state index contributed by atoms with van der Waals surface area (Å²) >= 11 is 0. The number of morpholine rings is 1. The van der Waals surface area contributed by atoms with E-state index < -0.39 is 6.10 Å². The zero-order valence-electron chi connectivity index (χ0n) is 15.0. The van der Waals surface area contributed by atoms with Gasteiger partial charge in [0.1, 0.15) is 0 Å². The zero-order valence-corrected chi connectivity index (χ0v) is 15.0. The average Bonchev–Trinajstić information content (AvgIpc) is 3.24. The third-order valence-corrected chi connectivity index (χ3v) is 6.20. The van der Waals surface area contributed by atoms with E-state index in [0.717, 1.165) is 45.6 Å². The molecule has 1 heterocycles. The highest BCUT2D eigenvalue weighted by Crippen LogP contribution is 2.61. The van der Waals surface area contributed by atoms with Crippen molar-refractivity contribution in [2.75, 3.05) is 46.4 Å². The highest BCUT2D eigenvalue weighted by molar-refractivity contribution is 5.85. The number of fused-ring (bicyclic) bond motifs is 2. The Morgan fingerprint density at radius 3 is 2.96 bits per heavy atom. The molecule has 5 nitrogen and oxygen atoms in total. The number of likely N-dealkylation sites (N-methyl/N-ethyl adjacent to an activating group) is 1. The smallest absolute Gasteiger partial charge is 0.226 e. The zero-order chi connectivity index (χ0) is 17.4. The van der Waals surface area contributed by atoms with E-state index in [4.69, 9.17) is 4.74 Å². The summed E-state index contributed by atoms with van der Waals surface area (Å²) in [6.45, 7) is 4.19. The molecule has 1 spiro atoms. The molecule has 0 unspecified atom stereocenters. The van der Waals surface area contributed by atoms with Gasteiger partial charge in [0.15, 0.2) is 0 Å². The Bertz CT molecular complexity index is 644. The quantitative estimate of drug-likeness (QED) is 0.867. The minimum atomic E-state index is -0.502. The van der Waals surface area contributed by atoms with E-state index in [1.54, 1.807) is 4.90 Å². The summed E-state index contributed by atoms with van der Waals surface area (Å²) in [6.07, 6.45) is 2.64. The molecule has 3 aliphatic rings. The van der Waals surface area contributed by atoms with Crippen molar-refractivity contribution in [2.24, 2.45) is 5.92 Å². The number of aryl methyl sites for hydroxylation is 1. The number of nitrogens with zero attached hydrogens (tertiary/aromatic N) is 2. The average molecular weight is 344 g/mol. The number of ether oxygens (including phenoxy) is 1. The molecular weight excluding hydrogens is 316 g/mol. The van der Waals surface area contributed by atoms with Crippen molar-refractivity contribution < 1.29 is 14.6 Å². The first-order valence-corrected chi connectivity index (χ1v) is 9.42. The lowest BCUT2D eigenvalue weighted by molar-refractivity contribution is -0.133. The van der Waals surface area contributed by atoms with E-state index in [1.165, 1.54) is 11.1 Å². The summed E-state index contributed by atoms with van der Waals surface area (Å²) in [7, 11) is 1.83. The van der Waals surface area contributed by atoms with Crippen LogP contribution in [0.1, 0.15) is 24.0 Å². The lowest BCUT2D eigenvalue weighted by atomic mass is 9.95. The number of aliphatic hydroxyl groups is 1. The summed E-state index contributed by atoms with van der Waals surface area (Å²) < 4.78 is 5.33. The van der Waals surface area contributed by atoms with Gasteiger partial charge in [-0.05, 0) is 30.4 Å². The van der Waals surface area contributed by atoms with Crippen LogP contribution in [0.3, 0.4) is 0 Å². The molecule has 4 rings (SSSR count). The fraction of sp³-hybridized carbons (Fsp3) is 0.650. The molecule has 1 N–H and O–H groups in total. The van der Waals surface area contributed by atoms with E-state index >= 15 is 0 Å². The molecule has 136 valence electrons. The van der Waals surface area contributed by atoms with E-state index in [-0.39, 0.29) is 17.2 Å². The molecular formula is C20H28N2O3. The van der Waals surface area contributed by atoms with Crippen LogP contribution in [0.15, 0.2) is 24.3 Å². The Morgan fingerprint density at radius 2 is 2.16 bits per heavy atom. The van der Waals surface area contributed by atoms with Crippen LogP contribution >= 0.6 is 0 Å². The normalized spacial score (nSPS) is 29.4. The maximum absolute atomic E-state index is 12.9. The highest BCUT2D eigenvalue weighted by atomic mass is 16.5. The van der Waals surface area contributed by atoms with Crippen LogP contribution in [0.5, 0.6) is 0 Å². The Hall–Kier alpha value is -1.43. The Labute approximate surface area is 149 Å². The predicted octanol–water partition coefficient (Wildman–Crippen LogP) is 1.04. The van der Waals surface area contributed by atoms with Gasteiger partial charge in [-0.25, -0.2) is 0 Å². The van der Waals surface area contributed by atoms with Crippen LogP contribution in [-0.2, 0) is 21.4 Å². The Kier molecular flexibility index (Phi) is 4.56. The van der Waals surface area contributed by atoms with Crippen molar-refractivity contribution in [3.63, 3.8) is 0 Å². The number of carbonyl (C=O) groups is 1. The molecule has 1 aliphatic heterocycles. The molecule has 3 atom stereocenters. The fourth-order valence-electron chi connectivity index (χ4n) is 4.73. The summed E-state index contributed by atoms with van der Waals surface area (Å²) in [5, 5.41) is 10.4. The lowest BCUT2D eigenvalue weighted by Crippen LogP contribution is -2.45. The van der Waals surface area contributed by atoms with Crippen LogP contribution in [0.25, 0.3) is 0 Å². The first-order chi connectivity index (χ1) is 12.1. The molecule has 0 aromatic heterocycles. The summed E-state index contributed by atoms with van der Waals surface area (Å²) in [5.74, 6) is 0.287. The second-order valence-electron chi connectivity index (χ2n) is 7.86. The first kappa shape index (κ1) is 17.0. The van der Waals surface area contributed by atoms with Gasteiger partial charge in [0.2, 0.25) is 5.91 Å². The molecule has 25 heavy (non-hydrogen) atoms. The predicted molar refractivity (Wildman–Crippen MR) is 95.5 cm³/mol. The van der Waals surface area contributed by atoms with Crippen molar-refractivity contribution >= 4 is 5.91 Å². The molecule has 0 radical (unpaired) electrons. The number of hydrogen-bond acceptors (Lipinski definition) is 4. The topological polar surface area (TPSA) is 53.0 Å². The number of β-amino-alcohol motifs (C(OH)–C–C–N with tert-alkyl or cyclic N) is 1. The van der Waals surface area contributed by atoms with Crippen LogP contribution in [0.4, 0.5) is 0 Å². The SMILES string of the molecule is CN(C[C@H](O)CN1CCOCC1)C(=O)[C@@H]1C[C@]12CCc1ccccc12. The van der Waals surface area contributed by atoms with Gasteiger partial charge >= 0.3 is 0 Å². The van der Waals surface area contributed by atoms with Crippen LogP contribution in [0.2, 0.25) is 0 Å². The number of carbonyl (C=O) groups excluding carboxylic acids is 1. The molecule has 1 aromatic carbocycles. The molecule has 2 fully saturated rings. The molecule has 1 amide bonds. The lowest BCUT2D eigenvalue weighted by Gasteiger charge is -2.30. The van der Waals surface area contributed by atoms with Crippen LogP contribution in [-0.4, -0.2) is 73.4 Å². The number of hydrogen-bond donors (Lipinski definition) is 1. The third kappa shape index (κ3) is 3.21. The molecule has 1 saturated heterocycles. The second kappa shape index (κ2) is 6.71. The number of rotatable bonds is 5. The van der Waals surface area contributed by atoms with Gasteiger partial charge in [-0.1, -0.05) is 24.3 Å². The van der Waals surface area contributed by atoms with Gasteiger partial charge < -0.3 is 14.7 Å². The molecule has 5 heteroatoms. The van der Waals surface area contributed by atoms with Gasteiger partial charge in [0, 0.05) is 44.6 Å². The first-order valence-electron chi connectivity index (χ1n) is 9.42. The van der Waals surface area contributed by atoms with E-state index in [9.17, 15) is 9.90 Å². The van der Waals surface area contributed by atoms with Gasteiger partial charge in [-0.2, -0.15) is 0 Å². The van der Waals surface area contributed by atoms with Crippen molar-refractivity contribution in [1.29, 1.82) is 0 Å². The second-order valence-corrected chi connectivity index (χ2v) is 7.86. The van der Waals surface area contributed by atoms with E-state index in [2.05, 4.69) is 29.2 Å². The van der Waals surface area contributed by atoms with Crippen molar-refractivity contribution in [3.05, 3.63) is 35.4 Å². The van der Waals surface area contributed by atoms with Crippen molar-refractivity contribution in [2.45, 2.75) is 30.8 Å². The van der Waals surface area contributed by atoms with Gasteiger partial charge in [-0.3, -0.25) is 9.69 Å². The Morgan fingerprint density at radius 1 is 1.40 bits per heavy atom. The van der Waals surface area contributed by atoms with Gasteiger partial charge in [0.25, 0.3) is 0 Å². The van der Waals surface area contributed by atoms with E-state index in [1.807, 2.05) is 7.05 Å². The molecule has 0 bridgehead atoms. The Balaban J connectivity index is 1.33. The molecule has 2 aliphatic carbocycles. The molecule has 1 saturated carbocycles.